The van der Waals surface area contributed by atoms with Crippen molar-refractivity contribution in [2.24, 2.45) is 0 Å². The fourth-order valence-electron chi connectivity index (χ4n) is 12.3. The molecule has 95 heavy (non-hydrogen) atoms. The normalized spacial score (nSPS) is 12.1. The summed E-state index contributed by atoms with van der Waals surface area (Å²) in [6.45, 7) is 21.3. The average molecular weight is 1330 g/mol. The number of ether oxygens (including phenoxy) is 5. The van der Waals surface area contributed by atoms with E-state index in [9.17, 15) is 19.2 Å². The van der Waals surface area contributed by atoms with Crippen LogP contribution < -0.4 is 5.73 Å². The summed E-state index contributed by atoms with van der Waals surface area (Å²) in [4.78, 5) is 65.6. The SMILES string of the molecule is CCCCCC/C=C/COC(=O)CCCCCCCCN(CCCCCCCCC(=O)OC/C=C/CCCCCC)CCCN(CCCCCCCCC(=O)OC/C=C/CCCCCC)CCCCCC(=O)OC(C)(C)Cn1c(COCC)nc2c(N)nc3ccccc3c21. The quantitative estimate of drug-likeness (QED) is 0.0244. The molecule has 15 nitrogen and oxygen atoms in total. The predicted octanol–water partition coefficient (Wildman–Crippen LogP) is 20.0. The summed E-state index contributed by atoms with van der Waals surface area (Å²) in [5, 5.41) is 0.940. The summed E-state index contributed by atoms with van der Waals surface area (Å²) in [5.41, 5.74) is 7.93. The third kappa shape index (κ3) is 43.0. The monoisotopic (exact) mass is 1330 g/mol. The maximum absolute atomic E-state index is 13.6. The first-order valence-electron chi connectivity index (χ1n) is 38.6. The second-order valence-corrected chi connectivity index (χ2v) is 27.2. The highest BCUT2D eigenvalue weighted by molar-refractivity contribution is 6.06. The molecule has 0 radical (unpaired) electrons. The van der Waals surface area contributed by atoms with Crippen LogP contribution in [0.25, 0.3) is 21.9 Å². The lowest BCUT2D eigenvalue weighted by molar-refractivity contribution is -0.158. The smallest absolute Gasteiger partial charge is 0.306 e. The van der Waals surface area contributed by atoms with Crippen LogP contribution in [-0.4, -0.2) is 120 Å². The molecule has 0 saturated heterocycles. The van der Waals surface area contributed by atoms with E-state index >= 15 is 0 Å². The van der Waals surface area contributed by atoms with E-state index in [1.165, 1.54) is 122 Å². The lowest BCUT2D eigenvalue weighted by Gasteiger charge is -2.27. The van der Waals surface area contributed by atoms with Crippen molar-refractivity contribution in [3.05, 3.63) is 66.5 Å². The molecule has 0 atom stereocenters. The van der Waals surface area contributed by atoms with E-state index in [1.807, 2.05) is 63.3 Å². The largest absolute Gasteiger partial charge is 0.461 e. The summed E-state index contributed by atoms with van der Waals surface area (Å²) in [7, 11) is 0. The maximum atomic E-state index is 13.6. The minimum Gasteiger partial charge on any atom is -0.461 e. The minimum absolute atomic E-state index is 0.0849. The van der Waals surface area contributed by atoms with Gasteiger partial charge in [-0.15, -0.1) is 0 Å². The van der Waals surface area contributed by atoms with Crippen LogP contribution in [-0.2, 0) is 56.0 Å². The predicted molar refractivity (Wildman–Crippen MR) is 394 cm³/mol. The van der Waals surface area contributed by atoms with Gasteiger partial charge in [0.2, 0.25) is 0 Å². The van der Waals surface area contributed by atoms with Gasteiger partial charge in [0.1, 0.15) is 43.4 Å². The molecule has 2 aromatic heterocycles. The van der Waals surface area contributed by atoms with Gasteiger partial charge < -0.3 is 43.8 Å². The van der Waals surface area contributed by atoms with Crippen LogP contribution in [0.15, 0.2) is 60.7 Å². The van der Waals surface area contributed by atoms with Gasteiger partial charge in [-0.2, -0.15) is 0 Å². The molecule has 3 rings (SSSR count). The van der Waals surface area contributed by atoms with Crippen molar-refractivity contribution in [1.29, 1.82) is 0 Å². The number of imidazole rings is 1. The third-order valence-corrected chi connectivity index (χ3v) is 17.9. The number of nitrogens with two attached hydrogens (primary N) is 1. The van der Waals surface area contributed by atoms with Gasteiger partial charge in [-0.05, 0) is 162 Å². The summed E-state index contributed by atoms with van der Waals surface area (Å²) < 4.78 is 30.6. The Morgan fingerprint density at radius 1 is 0.453 bits per heavy atom. The van der Waals surface area contributed by atoms with Gasteiger partial charge in [0.05, 0.1) is 17.6 Å². The zero-order chi connectivity index (χ0) is 68.5. The molecule has 15 heteroatoms. The molecule has 0 unspecified atom stereocenters. The number of nitrogens with zero attached hydrogens (tertiary/aromatic N) is 5. The Balaban J connectivity index is 1.54. The van der Waals surface area contributed by atoms with E-state index in [0.29, 0.717) is 76.6 Å². The van der Waals surface area contributed by atoms with Gasteiger partial charge in [-0.1, -0.05) is 217 Å². The highest BCUT2D eigenvalue weighted by Crippen LogP contribution is 2.31. The third-order valence-electron chi connectivity index (χ3n) is 17.9. The second kappa shape index (κ2) is 56.9. The van der Waals surface area contributed by atoms with Gasteiger partial charge >= 0.3 is 23.9 Å². The molecule has 0 bridgehead atoms. The Morgan fingerprint density at radius 3 is 1.24 bits per heavy atom. The van der Waals surface area contributed by atoms with Crippen molar-refractivity contribution < 1.29 is 42.9 Å². The number of anilines is 1. The van der Waals surface area contributed by atoms with Crippen LogP contribution in [0, 0.1) is 0 Å². The molecule has 540 valence electrons. The van der Waals surface area contributed by atoms with Crippen LogP contribution >= 0.6 is 0 Å². The molecule has 0 aliphatic heterocycles. The van der Waals surface area contributed by atoms with E-state index < -0.39 is 5.60 Å². The molecule has 3 aromatic rings. The molecule has 0 saturated carbocycles. The number of para-hydroxylation sites is 1. The number of benzene rings is 1. The van der Waals surface area contributed by atoms with Crippen LogP contribution in [0.3, 0.4) is 0 Å². The summed E-state index contributed by atoms with van der Waals surface area (Å²) >= 11 is 0. The number of hydrogen-bond donors (Lipinski definition) is 1. The minimum atomic E-state index is -0.821. The highest BCUT2D eigenvalue weighted by Gasteiger charge is 2.28. The van der Waals surface area contributed by atoms with Gasteiger partial charge in [-0.3, -0.25) is 19.2 Å². The molecule has 2 N–H and O–H groups in total. The molecule has 0 aliphatic rings. The van der Waals surface area contributed by atoms with Crippen molar-refractivity contribution in [2.75, 3.05) is 71.4 Å². The Hall–Kier alpha value is -5.12. The Bertz CT molecular complexity index is 2470. The Kier molecular flexibility index (Phi) is 50.3. The maximum Gasteiger partial charge on any atom is 0.306 e. The van der Waals surface area contributed by atoms with E-state index in [4.69, 9.17) is 34.4 Å². The fraction of sp³-hybridized carbons (Fsp3) is 0.750. The number of unbranched alkanes of at least 4 members (excludes halogenated alkanes) is 29. The molecule has 0 spiro atoms. The molecule has 2 heterocycles. The van der Waals surface area contributed by atoms with E-state index in [2.05, 4.69) is 58.4 Å². The number of fused-ring (bicyclic) bond motifs is 3. The Morgan fingerprint density at radius 2 is 0.821 bits per heavy atom. The summed E-state index contributed by atoms with van der Waals surface area (Å²) in [6.07, 6.45) is 56.0. The van der Waals surface area contributed by atoms with Gasteiger partial charge in [0, 0.05) is 37.7 Å². The second-order valence-electron chi connectivity index (χ2n) is 27.2. The first-order chi connectivity index (χ1) is 46.4. The number of hydrogen-bond acceptors (Lipinski definition) is 14. The van der Waals surface area contributed by atoms with E-state index in [-0.39, 0.29) is 23.9 Å². The zero-order valence-electron chi connectivity index (χ0n) is 61.2. The lowest BCUT2D eigenvalue weighted by Crippen LogP contribution is -2.34. The van der Waals surface area contributed by atoms with Crippen molar-refractivity contribution in [2.45, 2.75) is 324 Å². The highest BCUT2D eigenvalue weighted by atomic mass is 16.6. The summed E-state index contributed by atoms with van der Waals surface area (Å²) in [5.74, 6) is 0.628. The van der Waals surface area contributed by atoms with Crippen molar-refractivity contribution >= 4 is 51.6 Å². The number of carbonyl (C=O) groups is 4. The number of aromatic nitrogens is 3. The van der Waals surface area contributed by atoms with Crippen LogP contribution in [0.1, 0.15) is 311 Å². The van der Waals surface area contributed by atoms with Crippen molar-refractivity contribution in [3.8, 4) is 0 Å². The van der Waals surface area contributed by atoms with Gasteiger partial charge in [-0.25, -0.2) is 9.97 Å². The lowest BCUT2D eigenvalue weighted by atomic mass is 10.1. The number of nitrogen functional groups attached to an aromatic ring is 1. The first kappa shape index (κ1) is 84.1. The molecule has 0 aliphatic carbocycles. The van der Waals surface area contributed by atoms with Crippen LogP contribution in [0.2, 0.25) is 0 Å². The number of allylic oxidation sites excluding steroid dienone is 3. The first-order valence-corrected chi connectivity index (χ1v) is 38.6. The topological polar surface area (TPSA) is 178 Å². The standard InChI is InChI=1S/C80H136N6O9/c1-7-11-14-17-26-35-49-65-92-73(87)55-39-29-20-23-32-45-59-84(60-46-33-24-21-30-40-56-74(88)93-66-50-36-27-18-15-12-8-2)63-52-64-85(61-47-34-25-22-31-41-57-75(89)94-67-51-37-28-19-16-13-9-3)62-48-38-42-58-76(90)95-80(5,6)69-86-72(68-91-10-4)83-77-78(86)70-53-43-44-54-71(70)82-79(77)81/h35-37,43-44,49-51,53-54H,7-34,38-42,45-48,52,55-69H2,1-6H3,(H2,81,82)/b49-35+,50-36+,51-37+. The summed E-state index contributed by atoms with van der Waals surface area (Å²) in [6, 6.07) is 7.92. The molecular weight excluding hydrogens is 1190 g/mol. The average Bonchev–Trinajstić information content (AvgIpc) is 1.63. The number of pyridine rings is 1. The zero-order valence-corrected chi connectivity index (χ0v) is 61.2. The molecule has 1 aromatic carbocycles. The van der Waals surface area contributed by atoms with Crippen molar-refractivity contribution in [3.63, 3.8) is 0 Å². The number of carbonyl (C=O) groups excluding carboxylic acids is 4. The molecule has 0 amide bonds. The Labute approximate surface area is 577 Å². The van der Waals surface area contributed by atoms with Gasteiger partial charge in [0.15, 0.2) is 5.82 Å². The van der Waals surface area contributed by atoms with E-state index in [1.54, 1.807) is 0 Å². The van der Waals surface area contributed by atoms with Crippen LogP contribution in [0.5, 0.6) is 0 Å². The van der Waals surface area contributed by atoms with Gasteiger partial charge in [0.25, 0.3) is 0 Å². The molecule has 0 fully saturated rings. The number of esters is 4. The molecular formula is C80H136N6O9. The van der Waals surface area contributed by atoms with Crippen molar-refractivity contribution in [1.82, 2.24) is 24.3 Å². The fourth-order valence-corrected chi connectivity index (χ4v) is 12.3. The van der Waals surface area contributed by atoms with E-state index in [0.717, 1.165) is 177 Å². The van der Waals surface area contributed by atoms with Crippen LogP contribution in [0.4, 0.5) is 5.82 Å². The number of rotatable bonds is 64.